The monoisotopic (exact) mass is 604 g/mol. The van der Waals surface area contributed by atoms with Gasteiger partial charge < -0.3 is 10.2 Å². The molecule has 1 atom stereocenters. The van der Waals surface area contributed by atoms with Crippen LogP contribution in [-0.4, -0.2) is 0 Å². The summed E-state index contributed by atoms with van der Waals surface area (Å²) in [5.41, 5.74) is 9.76. The number of fused-ring (bicyclic) bond motifs is 4. The first kappa shape index (κ1) is 28.6. The molecule has 0 aromatic heterocycles. The third kappa shape index (κ3) is 4.90. The van der Waals surface area contributed by atoms with E-state index in [0.29, 0.717) is 0 Å². The highest BCUT2D eigenvalue weighted by molar-refractivity contribution is 6.21. The average molecular weight is 605 g/mol. The van der Waals surface area contributed by atoms with Crippen molar-refractivity contribution in [3.05, 3.63) is 175 Å². The van der Waals surface area contributed by atoms with Crippen molar-refractivity contribution < 1.29 is 0 Å². The lowest BCUT2D eigenvalue weighted by molar-refractivity contribution is 0.828. The summed E-state index contributed by atoms with van der Waals surface area (Å²) < 4.78 is 0. The molecule has 0 fully saturated rings. The predicted molar refractivity (Wildman–Crippen MR) is 203 cm³/mol. The van der Waals surface area contributed by atoms with Crippen molar-refractivity contribution >= 4 is 49.4 Å². The van der Waals surface area contributed by atoms with Crippen molar-refractivity contribution in [2.45, 2.75) is 20.0 Å². The Bertz CT molecular complexity index is 2300. The lowest BCUT2D eigenvalue weighted by Gasteiger charge is -2.27. The fourth-order valence-electron chi connectivity index (χ4n) is 7.20. The van der Waals surface area contributed by atoms with Crippen molar-refractivity contribution in [3.8, 4) is 22.3 Å². The van der Waals surface area contributed by atoms with Crippen LogP contribution in [0.15, 0.2) is 170 Å². The van der Waals surface area contributed by atoms with E-state index in [-0.39, 0.29) is 6.17 Å². The SMILES string of the molecule is CC.c1ccc(C2Nc3ccccc3N2c2ccc(-c3c4ccccc4c(-c4ccc5ccccc5c4)c4ccccc34)cc2)cc1. The fourth-order valence-corrected chi connectivity index (χ4v) is 7.20. The molecule has 0 radical (unpaired) electrons. The highest BCUT2D eigenvalue weighted by atomic mass is 15.3. The summed E-state index contributed by atoms with van der Waals surface area (Å²) in [6.45, 7) is 4.00. The second-order valence-corrected chi connectivity index (χ2v) is 11.8. The summed E-state index contributed by atoms with van der Waals surface area (Å²) in [5.74, 6) is 0. The van der Waals surface area contributed by atoms with Gasteiger partial charge >= 0.3 is 0 Å². The van der Waals surface area contributed by atoms with Gasteiger partial charge in [0.15, 0.2) is 0 Å². The van der Waals surface area contributed by atoms with E-state index in [9.17, 15) is 0 Å². The van der Waals surface area contributed by atoms with Crippen LogP contribution < -0.4 is 10.2 Å². The highest BCUT2D eigenvalue weighted by Gasteiger charge is 2.31. The molecule has 1 unspecified atom stereocenters. The number of hydrogen-bond donors (Lipinski definition) is 1. The minimum Gasteiger partial charge on any atom is -0.359 e. The summed E-state index contributed by atoms with van der Waals surface area (Å²) in [7, 11) is 0. The molecule has 0 saturated heterocycles. The molecule has 0 spiro atoms. The molecule has 9 rings (SSSR count). The first-order valence-corrected chi connectivity index (χ1v) is 16.6. The molecular formula is C45H36N2. The highest BCUT2D eigenvalue weighted by Crippen LogP contribution is 2.48. The largest absolute Gasteiger partial charge is 0.359 e. The Morgan fingerprint density at radius 3 is 1.62 bits per heavy atom. The van der Waals surface area contributed by atoms with Crippen LogP contribution in [0.5, 0.6) is 0 Å². The van der Waals surface area contributed by atoms with E-state index in [2.05, 4.69) is 180 Å². The number of hydrogen-bond acceptors (Lipinski definition) is 2. The standard InChI is InChI=1S/C43H30N2.C2H6/c1-2-13-31(14-3-1)43-44-39-20-10-11-21-40(39)45(43)34-26-24-30(25-27-34)41-35-16-6-8-18-37(35)42(38-19-9-7-17-36(38)41)33-23-22-29-12-4-5-15-32(29)28-33;1-2/h1-28,43-44H;1-2H3. The zero-order valence-electron chi connectivity index (χ0n) is 26.7. The number of rotatable bonds is 4. The van der Waals surface area contributed by atoms with Crippen LogP contribution in [0.1, 0.15) is 25.6 Å². The molecule has 0 saturated carbocycles. The van der Waals surface area contributed by atoms with E-state index in [1.165, 1.54) is 65.8 Å². The van der Waals surface area contributed by atoms with E-state index in [1.807, 2.05) is 13.8 Å². The smallest absolute Gasteiger partial charge is 0.130 e. The first-order valence-electron chi connectivity index (χ1n) is 16.6. The molecule has 1 aliphatic heterocycles. The molecule has 0 bridgehead atoms. The maximum absolute atomic E-state index is 3.75. The third-order valence-corrected chi connectivity index (χ3v) is 9.23. The number of para-hydroxylation sites is 2. The number of nitrogens with zero attached hydrogens (tertiary/aromatic N) is 1. The molecule has 226 valence electrons. The van der Waals surface area contributed by atoms with Crippen LogP contribution in [-0.2, 0) is 0 Å². The zero-order chi connectivity index (χ0) is 31.7. The van der Waals surface area contributed by atoms with E-state index < -0.39 is 0 Å². The normalized spacial score (nSPS) is 13.7. The maximum atomic E-state index is 3.75. The van der Waals surface area contributed by atoms with Gasteiger partial charge in [0.1, 0.15) is 6.17 Å². The van der Waals surface area contributed by atoms with Crippen molar-refractivity contribution in [2.24, 2.45) is 0 Å². The van der Waals surface area contributed by atoms with Gasteiger partial charge in [-0.3, -0.25) is 0 Å². The number of benzene rings is 8. The second kappa shape index (κ2) is 12.2. The molecule has 2 nitrogen and oxygen atoms in total. The summed E-state index contributed by atoms with van der Waals surface area (Å²) >= 11 is 0. The molecule has 1 heterocycles. The summed E-state index contributed by atoms with van der Waals surface area (Å²) in [6.07, 6.45) is 0.0253. The minimum atomic E-state index is 0.0253. The molecule has 2 heteroatoms. The molecule has 0 amide bonds. The van der Waals surface area contributed by atoms with Crippen LogP contribution in [0.25, 0.3) is 54.6 Å². The van der Waals surface area contributed by atoms with Gasteiger partial charge in [-0.15, -0.1) is 0 Å². The van der Waals surface area contributed by atoms with Crippen molar-refractivity contribution in [1.29, 1.82) is 0 Å². The van der Waals surface area contributed by atoms with E-state index in [1.54, 1.807) is 0 Å². The van der Waals surface area contributed by atoms with Crippen molar-refractivity contribution in [1.82, 2.24) is 0 Å². The van der Waals surface area contributed by atoms with Gasteiger partial charge in [0.25, 0.3) is 0 Å². The Morgan fingerprint density at radius 1 is 0.447 bits per heavy atom. The molecule has 8 aromatic rings. The lowest BCUT2D eigenvalue weighted by atomic mass is 9.85. The topological polar surface area (TPSA) is 15.3 Å². The molecule has 47 heavy (non-hydrogen) atoms. The quantitative estimate of drug-likeness (QED) is 0.201. The third-order valence-electron chi connectivity index (χ3n) is 9.23. The van der Waals surface area contributed by atoms with Gasteiger partial charge in [-0.25, -0.2) is 0 Å². The Morgan fingerprint density at radius 2 is 0.957 bits per heavy atom. The maximum Gasteiger partial charge on any atom is 0.130 e. The van der Waals surface area contributed by atoms with E-state index >= 15 is 0 Å². The fraction of sp³-hybridized carbons (Fsp3) is 0.0667. The number of nitrogens with one attached hydrogen (secondary N) is 1. The first-order chi connectivity index (χ1) is 23.3. The Balaban J connectivity index is 0.00000159. The summed E-state index contributed by atoms with van der Waals surface area (Å²) in [5, 5.41) is 11.3. The van der Waals surface area contributed by atoms with Gasteiger partial charge in [0.05, 0.1) is 11.4 Å². The second-order valence-electron chi connectivity index (χ2n) is 11.8. The average Bonchev–Trinajstić information content (AvgIpc) is 3.55. The van der Waals surface area contributed by atoms with Crippen LogP contribution in [0.3, 0.4) is 0 Å². The van der Waals surface area contributed by atoms with Crippen LogP contribution in [0, 0.1) is 0 Å². The summed E-state index contributed by atoms with van der Waals surface area (Å²) in [6, 6.07) is 61.6. The van der Waals surface area contributed by atoms with E-state index in [0.717, 1.165) is 11.4 Å². The van der Waals surface area contributed by atoms with Gasteiger partial charge in [-0.2, -0.15) is 0 Å². The van der Waals surface area contributed by atoms with Crippen LogP contribution >= 0.6 is 0 Å². The van der Waals surface area contributed by atoms with Gasteiger partial charge in [-0.05, 0) is 90.5 Å². The molecule has 1 N–H and O–H groups in total. The van der Waals surface area contributed by atoms with Gasteiger partial charge in [0, 0.05) is 5.69 Å². The lowest BCUT2D eigenvalue weighted by Crippen LogP contribution is -2.23. The molecule has 8 aromatic carbocycles. The Labute approximate surface area is 276 Å². The molecule has 0 aliphatic carbocycles. The van der Waals surface area contributed by atoms with Crippen LogP contribution in [0.4, 0.5) is 17.1 Å². The minimum absolute atomic E-state index is 0.0253. The van der Waals surface area contributed by atoms with Crippen LogP contribution in [0.2, 0.25) is 0 Å². The van der Waals surface area contributed by atoms with E-state index in [4.69, 9.17) is 0 Å². The van der Waals surface area contributed by atoms with Crippen molar-refractivity contribution in [3.63, 3.8) is 0 Å². The Hall–Kier alpha value is -5.86. The molecular weight excluding hydrogens is 569 g/mol. The van der Waals surface area contributed by atoms with Crippen molar-refractivity contribution in [2.75, 3.05) is 10.2 Å². The number of anilines is 3. The van der Waals surface area contributed by atoms with Gasteiger partial charge in [-0.1, -0.05) is 153 Å². The summed E-state index contributed by atoms with van der Waals surface area (Å²) in [4.78, 5) is 2.41. The zero-order valence-corrected chi connectivity index (χ0v) is 26.7. The molecule has 1 aliphatic rings. The predicted octanol–water partition coefficient (Wildman–Crippen LogP) is 12.8. The van der Waals surface area contributed by atoms with Gasteiger partial charge in [0.2, 0.25) is 0 Å². The Kier molecular flexibility index (Phi) is 7.39.